The molecule has 0 bridgehead atoms. The van der Waals surface area contributed by atoms with Crippen LogP contribution >= 0.6 is 0 Å². The molecule has 8 heteroatoms. The third kappa shape index (κ3) is 4.70. The van der Waals surface area contributed by atoms with E-state index in [2.05, 4.69) is 37.7 Å². The molecule has 8 nitrogen and oxygen atoms in total. The Morgan fingerprint density at radius 2 is 1.95 bits per heavy atom. The monoisotopic (exact) mass is 601 g/mol. The number of amides is 1. The van der Waals surface area contributed by atoms with E-state index in [-0.39, 0.29) is 46.8 Å². The maximum absolute atomic E-state index is 13.6. The topological polar surface area (TPSA) is 114 Å². The van der Waals surface area contributed by atoms with Gasteiger partial charge in [0.1, 0.15) is 6.61 Å². The van der Waals surface area contributed by atoms with Crippen molar-refractivity contribution in [3.63, 3.8) is 0 Å². The number of benzene rings is 1. The number of hydrogen-bond acceptors (Lipinski definition) is 5. The lowest BCUT2D eigenvalue weighted by Gasteiger charge is -2.57. The molecule has 1 amide bonds. The Morgan fingerprint density at radius 1 is 1.16 bits per heavy atom. The highest BCUT2D eigenvalue weighted by Crippen LogP contribution is 2.66. The van der Waals surface area contributed by atoms with E-state index in [9.17, 15) is 4.79 Å². The summed E-state index contributed by atoms with van der Waals surface area (Å²) >= 11 is 0. The molecular formula is C36H51N5O3. The van der Waals surface area contributed by atoms with Gasteiger partial charge in [0.25, 0.3) is 0 Å². The Bertz CT molecular complexity index is 1360. The normalized spacial score (nSPS) is 44.6. The first-order valence-corrected chi connectivity index (χ1v) is 17.2. The van der Waals surface area contributed by atoms with Crippen LogP contribution in [-0.2, 0) is 16.1 Å². The average Bonchev–Trinajstić information content (AvgIpc) is 3.40. The summed E-state index contributed by atoms with van der Waals surface area (Å²) in [4.78, 5) is 18.7. The van der Waals surface area contributed by atoms with E-state index in [1.807, 2.05) is 35.2 Å². The van der Waals surface area contributed by atoms with Gasteiger partial charge in [0, 0.05) is 29.0 Å². The predicted octanol–water partition coefficient (Wildman–Crippen LogP) is 7.92. The van der Waals surface area contributed by atoms with Crippen molar-refractivity contribution in [2.75, 3.05) is 6.54 Å². The van der Waals surface area contributed by atoms with Gasteiger partial charge in [0.05, 0.1) is 17.7 Å². The Morgan fingerprint density at radius 3 is 2.73 bits per heavy atom. The number of fused-ring (bicyclic) bond motifs is 6. The SMILES string of the molecule is CC1=C2C[C@@H]3[C@@]4(C)CCC(N=[N+]=[N-])C[C@H]4CC[C@@]3(N)[C@@H]2CC[C@@]2(C1)O[C@@H]1C[C@H](C)CN(C(=O)OCc3ccccc3)[C@H]1[C@H]2C. The van der Waals surface area contributed by atoms with Crippen molar-refractivity contribution >= 4 is 6.09 Å². The maximum Gasteiger partial charge on any atom is 0.410 e. The van der Waals surface area contributed by atoms with Crippen LogP contribution in [0.4, 0.5) is 4.79 Å². The molecule has 1 spiro atoms. The third-order valence-electron chi connectivity index (χ3n) is 13.6. The second-order valence-corrected chi connectivity index (χ2v) is 15.9. The van der Waals surface area contributed by atoms with Crippen LogP contribution in [0, 0.1) is 35.0 Å². The predicted molar refractivity (Wildman–Crippen MR) is 170 cm³/mol. The highest BCUT2D eigenvalue weighted by Gasteiger charge is 2.64. The highest BCUT2D eigenvalue weighted by molar-refractivity contribution is 5.68. The van der Waals surface area contributed by atoms with Crippen LogP contribution in [0.15, 0.2) is 46.6 Å². The summed E-state index contributed by atoms with van der Waals surface area (Å²) in [5.74, 6) is 2.03. The molecule has 1 unspecified atom stereocenters. The molecule has 1 aromatic rings. The number of ether oxygens (including phenoxy) is 2. The Kier molecular flexibility index (Phi) is 7.58. The first-order chi connectivity index (χ1) is 21.1. The summed E-state index contributed by atoms with van der Waals surface area (Å²) in [5.41, 5.74) is 20.5. The Hall–Kier alpha value is -2.54. The van der Waals surface area contributed by atoms with E-state index in [1.165, 1.54) is 5.57 Å². The summed E-state index contributed by atoms with van der Waals surface area (Å²) in [6.45, 7) is 10.4. The number of nitrogens with zero attached hydrogens (tertiary/aromatic N) is 4. The zero-order valence-corrected chi connectivity index (χ0v) is 27.1. The summed E-state index contributed by atoms with van der Waals surface area (Å²) in [5, 5.41) is 4.12. The average molecular weight is 602 g/mol. The molecule has 2 N–H and O–H groups in total. The molecule has 6 aliphatic rings. The van der Waals surface area contributed by atoms with Crippen LogP contribution in [0.25, 0.3) is 10.4 Å². The third-order valence-corrected chi connectivity index (χ3v) is 13.6. The van der Waals surface area contributed by atoms with Crippen LogP contribution in [0.2, 0.25) is 0 Å². The van der Waals surface area contributed by atoms with Gasteiger partial charge in [-0.3, -0.25) is 0 Å². The highest BCUT2D eigenvalue weighted by atomic mass is 16.6. The second-order valence-electron chi connectivity index (χ2n) is 15.9. The molecule has 2 heterocycles. The number of hydrogen-bond donors (Lipinski definition) is 1. The molecule has 1 aromatic carbocycles. The minimum absolute atomic E-state index is 0.0328. The number of nitrogens with two attached hydrogens (primary N) is 1. The van der Waals surface area contributed by atoms with Gasteiger partial charge in [0.15, 0.2) is 0 Å². The number of likely N-dealkylation sites (tertiary alicyclic amines) is 1. The lowest BCUT2D eigenvalue weighted by Crippen LogP contribution is -2.60. The molecule has 4 aliphatic carbocycles. The van der Waals surface area contributed by atoms with Crippen LogP contribution < -0.4 is 5.73 Å². The van der Waals surface area contributed by atoms with Crippen molar-refractivity contribution in [1.82, 2.24) is 4.90 Å². The molecular weight excluding hydrogens is 550 g/mol. The fraction of sp³-hybridized carbons (Fsp3) is 0.750. The van der Waals surface area contributed by atoms with E-state index < -0.39 is 0 Å². The molecule has 0 radical (unpaired) electrons. The molecule has 5 fully saturated rings. The molecule has 3 saturated carbocycles. The fourth-order valence-corrected chi connectivity index (χ4v) is 11.4. The molecule has 2 saturated heterocycles. The van der Waals surface area contributed by atoms with Crippen molar-refractivity contribution in [2.24, 2.45) is 45.9 Å². The molecule has 2 aliphatic heterocycles. The number of piperidine rings is 1. The summed E-state index contributed by atoms with van der Waals surface area (Å²) in [6.07, 6.45) is 10.1. The molecule has 7 rings (SSSR count). The summed E-state index contributed by atoms with van der Waals surface area (Å²) in [7, 11) is 0. The second kappa shape index (κ2) is 11.1. The van der Waals surface area contributed by atoms with E-state index in [4.69, 9.17) is 20.7 Å². The van der Waals surface area contributed by atoms with Gasteiger partial charge < -0.3 is 20.1 Å². The number of carbonyl (C=O) groups excluding carboxylic acids is 1. The van der Waals surface area contributed by atoms with Gasteiger partial charge in [-0.2, -0.15) is 0 Å². The minimum Gasteiger partial charge on any atom is -0.445 e. The van der Waals surface area contributed by atoms with Crippen LogP contribution in [0.1, 0.15) is 97.5 Å². The molecule has 11 atom stereocenters. The zero-order chi connectivity index (χ0) is 30.9. The first-order valence-electron chi connectivity index (χ1n) is 17.2. The van der Waals surface area contributed by atoms with E-state index >= 15 is 0 Å². The smallest absolute Gasteiger partial charge is 0.410 e. The Balaban J connectivity index is 1.12. The molecule has 0 aromatic heterocycles. The van der Waals surface area contributed by atoms with Gasteiger partial charge in [-0.25, -0.2) is 4.79 Å². The largest absolute Gasteiger partial charge is 0.445 e. The van der Waals surface area contributed by atoms with Crippen molar-refractivity contribution in [3.05, 3.63) is 57.5 Å². The quantitative estimate of drug-likeness (QED) is 0.164. The van der Waals surface area contributed by atoms with Crippen LogP contribution in [0.3, 0.4) is 0 Å². The summed E-state index contributed by atoms with van der Waals surface area (Å²) < 4.78 is 13.1. The number of azide groups is 1. The molecule has 238 valence electrons. The zero-order valence-electron chi connectivity index (χ0n) is 27.1. The standard InChI is InChI=1S/C36H51N5O3/c1-22-16-30-32(41(20-22)33(42)43-21-25-8-6-5-7-9-25)24(3)35(44-30)14-12-29-28(23(2)19-35)18-31-34(4)13-11-27(39-40-38)17-26(34)10-15-36(29,31)37/h5-9,22,24,26-27,29-32H,10-21,37H2,1-4H3/t22-,24+,26+,27?,29+,30+,31+,32-,34-,35-,36+/m0/s1. The van der Waals surface area contributed by atoms with Crippen molar-refractivity contribution < 1.29 is 14.3 Å². The first kappa shape index (κ1) is 30.1. The number of carbonyl (C=O) groups is 1. The van der Waals surface area contributed by atoms with Gasteiger partial charge in [-0.15, -0.1) is 0 Å². The van der Waals surface area contributed by atoms with Crippen molar-refractivity contribution in [3.8, 4) is 0 Å². The molecule has 44 heavy (non-hydrogen) atoms. The van der Waals surface area contributed by atoms with Gasteiger partial charge >= 0.3 is 6.09 Å². The fourth-order valence-electron chi connectivity index (χ4n) is 11.4. The minimum atomic E-state index is -0.279. The van der Waals surface area contributed by atoms with Crippen LogP contribution in [-0.4, -0.2) is 46.9 Å². The van der Waals surface area contributed by atoms with Crippen LogP contribution in [0.5, 0.6) is 0 Å². The lowest BCUT2D eigenvalue weighted by molar-refractivity contribution is -0.0817. The summed E-state index contributed by atoms with van der Waals surface area (Å²) in [6, 6.07) is 10.1. The number of rotatable bonds is 3. The van der Waals surface area contributed by atoms with E-state index in [0.29, 0.717) is 30.3 Å². The van der Waals surface area contributed by atoms with Gasteiger partial charge in [-0.05, 0) is 111 Å². The lowest BCUT2D eigenvalue weighted by atomic mass is 9.49. The van der Waals surface area contributed by atoms with Crippen molar-refractivity contribution in [2.45, 2.75) is 128 Å². The van der Waals surface area contributed by atoms with Crippen molar-refractivity contribution in [1.29, 1.82) is 0 Å². The van der Waals surface area contributed by atoms with Gasteiger partial charge in [-0.1, -0.05) is 67.4 Å². The van der Waals surface area contributed by atoms with Gasteiger partial charge in [0.2, 0.25) is 0 Å². The Labute approximate surface area is 262 Å². The maximum atomic E-state index is 13.6. The van der Waals surface area contributed by atoms with E-state index in [0.717, 1.165) is 76.3 Å². The van der Waals surface area contributed by atoms with E-state index in [1.54, 1.807) is 5.57 Å².